The van der Waals surface area contributed by atoms with Gasteiger partial charge >= 0.3 is 0 Å². The van der Waals surface area contributed by atoms with Crippen LogP contribution in [0.4, 0.5) is 4.39 Å². The highest BCUT2D eigenvalue weighted by molar-refractivity contribution is 5.96. The number of carbonyl (C=O) groups is 1. The Kier molecular flexibility index (Phi) is 4.83. The smallest absolute Gasteiger partial charge is 0.275 e. The van der Waals surface area contributed by atoms with Gasteiger partial charge < -0.3 is 14.7 Å². The Bertz CT molecular complexity index is 1020. The van der Waals surface area contributed by atoms with Crippen LogP contribution >= 0.6 is 0 Å². The zero-order chi connectivity index (χ0) is 19.7. The number of hydrogen-bond donors (Lipinski definition) is 1. The molecule has 2 aromatic carbocycles. The van der Waals surface area contributed by atoms with Gasteiger partial charge in [-0.3, -0.25) is 9.48 Å². The summed E-state index contributed by atoms with van der Waals surface area (Å²) in [4.78, 5) is 14.8. The molecule has 0 fully saturated rings. The van der Waals surface area contributed by atoms with E-state index in [0.717, 1.165) is 5.56 Å². The molecule has 1 aliphatic rings. The van der Waals surface area contributed by atoms with Gasteiger partial charge in [0.1, 0.15) is 18.2 Å². The second-order valence-corrected chi connectivity index (χ2v) is 6.66. The average Bonchev–Trinajstić information content (AvgIpc) is 3.05. The van der Waals surface area contributed by atoms with Gasteiger partial charge in [0, 0.05) is 31.3 Å². The highest BCUT2D eigenvalue weighted by atomic mass is 19.1. The van der Waals surface area contributed by atoms with Crippen LogP contribution in [-0.2, 0) is 20.2 Å². The highest BCUT2D eigenvalue weighted by Gasteiger charge is 2.30. The summed E-state index contributed by atoms with van der Waals surface area (Å²) < 4.78 is 21.1. The van der Waals surface area contributed by atoms with E-state index < -0.39 is 0 Å². The molecule has 0 saturated carbocycles. The number of carbonyl (C=O) groups excluding carboxylic acids is 1. The third-order valence-corrected chi connectivity index (χ3v) is 4.79. The second kappa shape index (κ2) is 7.44. The lowest BCUT2D eigenvalue weighted by Gasteiger charge is -2.22. The lowest BCUT2D eigenvalue weighted by molar-refractivity contribution is 0.0698. The summed E-state index contributed by atoms with van der Waals surface area (Å²) in [7, 11) is 1.73. The number of amides is 1. The van der Waals surface area contributed by atoms with Crippen molar-refractivity contribution in [1.29, 1.82) is 0 Å². The normalized spacial score (nSPS) is 12.1. The minimum Gasteiger partial charge on any atom is -0.488 e. The first-order chi connectivity index (χ1) is 13.6. The molecule has 0 radical (unpaired) electrons. The van der Waals surface area contributed by atoms with Crippen molar-refractivity contribution in [2.24, 2.45) is 7.05 Å². The van der Waals surface area contributed by atoms with E-state index in [1.165, 1.54) is 12.1 Å². The van der Waals surface area contributed by atoms with Gasteiger partial charge in [-0.15, -0.1) is 0 Å². The molecule has 1 N–H and O–H groups in total. The number of fused-ring (bicyclic) bond motifs is 3. The van der Waals surface area contributed by atoms with Crippen molar-refractivity contribution in [3.63, 3.8) is 0 Å². The molecule has 0 unspecified atom stereocenters. The van der Waals surface area contributed by atoms with Gasteiger partial charge in [-0.05, 0) is 23.8 Å². The van der Waals surface area contributed by atoms with E-state index in [9.17, 15) is 14.3 Å². The molecule has 0 saturated heterocycles. The van der Waals surface area contributed by atoms with E-state index in [1.807, 2.05) is 30.3 Å². The number of benzene rings is 2. The fraction of sp³-hybridized carbons (Fsp3) is 0.238. The number of halogens is 1. The van der Waals surface area contributed by atoms with E-state index in [1.54, 1.807) is 22.7 Å². The van der Waals surface area contributed by atoms with E-state index in [2.05, 4.69) is 5.10 Å². The molecule has 0 aliphatic carbocycles. The molecule has 4 rings (SSSR count). The van der Waals surface area contributed by atoms with E-state index in [4.69, 9.17) is 4.74 Å². The molecule has 144 valence electrons. The first-order valence-electron chi connectivity index (χ1n) is 9.01. The molecule has 6 nitrogen and oxygen atoms in total. The van der Waals surface area contributed by atoms with E-state index >= 15 is 0 Å². The molecule has 7 heteroatoms. The number of rotatable bonds is 5. The van der Waals surface area contributed by atoms with Gasteiger partial charge in [0.2, 0.25) is 0 Å². The SMILES string of the molecule is Cn1nc(C(=O)N(CCO)Cc2ccccc2)c2c1-c1cc(F)ccc1OC2. The van der Waals surface area contributed by atoms with Crippen LogP contribution in [0.3, 0.4) is 0 Å². The molecule has 3 aromatic rings. The van der Waals surface area contributed by atoms with Crippen molar-refractivity contribution in [1.82, 2.24) is 14.7 Å². The molecule has 0 spiro atoms. The Morgan fingerprint density at radius 2 is 2.07 bits per heavy atom. The van der Waals surface area contributed by atoms with Crippen molar-refractivity contribution in [3.8, 4) is 17.0 Å². The number of nitrogens with zero attached hydrogens (tertiary/aromatic N) is 3. The molecule has 0 atom stereocenters. The first kappa shape index (κ1) is 18.2. The number of aryl methyl sites for hydroxylation is 1. The monoisotopic (exact) mass is 381 g/mol. The predicted molar refractivity (Wildman–Crippen MR) is 101 cm³/mol. The minimum atomic E-state index is -0.379. The van der Waals surface area contributed by atoms with E-state index in [0.29, 0.717) is 29.1 Å². The van der Waals surface area contributed by atoms with Crippen LogP contribution in [0.15, 0.2) is 48.5 Å². The molecule has 0 bridgehead atoms. The molecule has 2 heterocycles. The van der Waals surface area contributed by atoms with Crippen molar-refractivity contribution in [2.45, 2.75) is 13.2 Å². The quantitative estimate of drug-likeness (QED) is 0.738. The minimum absolute atomic E-state index is 0.155. The lowest BCUT2D eigenvalue weighted by atomic mass is 10.0. The van der Waals surface area contributed by atoms with Crippen LogP contribution in [0.1, 0.15) is 21.6 Å². The van der Waals surface area contributed by atoms with Crippen LogP contribution in [0.2, 0.25) is 0 Å². The van der Waals surface area contributed by atoms with Gasteiger partial charge in [0.25, 0.3) is 5.91 Å². The van der Waals surface area contributed by atoms with Crippen LogP contribution in [0.5, 0.6) is 5.75 Å². The molecule has 1 aromatic heterocycles. The first-order valence-corrected chi connectivity index (χ1v) is 9.01. The summed E-state index contributed by atoms with van der Waals surface area (Å²) in [6.45, 7) is 0.572. The van der Waals surface area contributed by atoms with Crippen LogP contribution in [-0.4, -0.2) is 38.8 Å². The van der Waals surface area contributed by atoms with Gasteiger partial charge in [-0.1, -0.05) is 30.3 Å². The fourth-order valence-corrected chi connectivity index (χ4v) is 3.50. The highest BCUT2D eigenvalue weighted by Crippen LogP contribution is 2.39. The summed E-state index contributed by atoms with van der Waals surface area (Å²) in [6.07, 6.45) is 0. The molecule has 1 aliphatic heterocycles. The average molecular weight is 381 g/mol. The zero-order valence-corrected chi connectivity index (χ0v) is 15.4. The van der Waals surface area contributed by atoms with Crippen molar-refractivity contribution < 1.29 is 19.0 Å². The van der Waals surface area contributed by atoms with Crippen molar-refractivity contribution >= 4 is 5.91 Å². The number of aliphatic hydroxyl groups excluding tert-OH is 1. The summed E-state index contributed by atoms with van der Waals surface area (Å²) in [6, 6.07) is 13.9. The molecule has 1 amide bonds. The number of aliphatic hydroxyl groups is 1. The number of aromatic nitrogens is 2. The Labute approximate surface area is 161 Å². The van der Waals surface area contributed by atoms with Crippen LogP contribution in [0.25, 0.3) is 11.3 Å². The third-order valence-electron chi connectivity index (χ3n) is 4.79. The van der Waals surface area contributed by atoms with Crippen LogP contribution < -0.4 is 4.74 Å². The summed E-state index contributed by atoms with van der Waals surface area (Å²) >= 11 is 0. The molecular formula is C21H20FN3O3. The standard InChI is InChI=1S/C21H20FN3O3/c1-24-20-16-11-15(22)7-8-18(16)28-13-17(20)19(23-24)21(27)25(9-10-26)12-14-5-3-2-4-6-14/h2-8,11,26H,9-10,12-13H2,1H3. The maximum absolute atomic E-state index is 13.8. The third kappa shape index (κ3) is 3.25. The van der Waals surface area contributed by atoms with Gasteiger partial charge in [-0.2, -0.15) is 5.10 Å². The maximum atomic E-state index is 13.8. The number of ether oxygens (including phenoxy) is 1. The number of hydrogen-bond acceptors (Lipinski definition) is 4. The fourth-order valence-electron chi connectivity index (χ4n) is 3.50. The molecule has 28 heavy (non-hydrogen) atoms. The lowest BCUT2D eigenvalue weighted by Crippen LogP contribution is -2.34. The van der Waals surface area contributed by atoms with Crippen molar-refractivity contribution in [2.75, 3.05) is 13.2 Å². The topological polar surface area (TPSA) is 67.6 Å². The predicted octanol–water partition coefficient (Wildman–Crippen LogP) is 2.75. The van der Waals surface area contributed by atoms with Crippen molar-refractivity contribution in [3.05, 3.63) is 71.2 Å². The molecular weight excluding hydrogens is 361 g/mol. The Hall–Kier alpha value is -3.19. The van der Waals surface area contributed by atoms with Crippen LogP contribution in [0, 0.1) is 5.82 Å². The largest absolute Gasteiger partial charge is 0.488 e. The van der Waals surface area contributed by atoms with Gasteiger partial charge in [-0.25, -0.2) is 4.39 Å². The Morgan fingerprint density at radius 1 is 1.29 bits per heavy atom. The second-order valence-electron chi connectivity index (χ2n) is 6.66. The van der Waals surface area contributed by atoms with Gasteiger partial charge in [0.15, 0.2) is 5.69 Å². The summed E-state index contributed by atoms with van der Waals surface area (Å²) in [5.41, 5.74) is 3.09. The maximum Gasteiger partial charge on any atom is 0.275 e. The summed E-state index contributed by atoms with van der Waals surface area (Å²) in [5.74, 6) is -0.110. The zero-order valence-electron chi connectivity index (χ0n) is 15.4. The van der Waals surface area contributed by atoms with E-state index in [-0.39, 0.29) is 37.2 Å². The summed E-state index contributed by atoms with van der Waals surface area (Å²) in [5, 5.41) is 13.8. The van der Waals surface area contributed by atoms with Gasteiger partial charge in [0.05, 0.1) is 12.3 Å². The Morgan fingerprint density at radius 3 is 2.82 bits per heavy atom. The Balaban J connectivity index is 1.71.